The lowest BCUT2D eigenvalue weighted by atomic mass is 9.95. The van der Waals surface area contributed by atoms with E-state index in [1.807, 2.05) is 41.5 Å². The fraction of sp³-hybridized carbons (Fsp3) is 0.600. The molecule has 1 aromatic carbocycles. The average molecular weight is 413 g/mol. The molecule has 0 unspecified atom stereocenters. The summed E-state index contributed by atoms with van der Waals surface area (Å²) in [6.07, 6.45) is -0.163. The smallest absolute Gasteiger partial charge is 0.307 e. The summed E-state index contributed by atoms with van der Waals surface area (Å²) in [7, 11) is -3.77. The highest BCUT2D eigenvalue weighted by atomic mass is 32.2. The highest BCUT2D eigenvalue weighted by Crippen LogP contribution is 2.29. The molecular formula is C20H32N2O5S. The lowest BCUT2D eigenvalue weighted by Gasteiger charge is -2.20. The van der Waals surface area contributed by atoms with E-state index in [0.29, 0.717) is 11.1 Å². The summed E-state index contributed by atoms with van der Waals surface area (Å²) >= 11 is 0. The summed E-state index contributed by atoms with van der Waals surface area (Å²) in [6, 6.07) is 0. The van der Waals surface area contributed by atoms with Crippen LogP contribution in [0.3, 0.4) is 0 Å². The van der Waals surface area contributed by atoms with Gasteiger partial charge in [-0.15, -0.1) is 0 Å². The predicted molar refractivity (Wildman–Crippen MR) is 109 cm³/mol. The van der Waals surface area contributed by atoms with E-state index < -0.39 is 34.0 Å². The van der Waals surface area contributed by atoms with Gasteiger partial charge in [-0.1, -0.05) is 0 Å². The number of ether oxygens (including phenoxy) is 1. The van der Waals surface area contributed by atoms with Gasteiger partial charge in [-0.05, 0) is 83.2 Å². The third kappa shape index (κ3) is 6.31. The third-order valence-corrected chi connectivity index (χ3v) is 6.43. The Kier molecular flexibility index (Phi) is 7.79. The van der Waals surface area contributed by atoms with E-state index in [0.717, 1.165) is 16.7 Å². The molecule has 0 bridgehead atoms. The van der Waals surface area contributed by atoms with Crippen LogP contribution in [0, 0.1) is 34.6 Å². The van der Waals surface area contributed by atoms with Crippen molar-refractivity contribution in [3.8, 4) is 0 Å². The normalized spacial score (nSPS) is 12.0. The number of esters is 1. The van der Waals surface area contributed by atoms with Gasteiger partial charge in [-0.25, -0.2) is 13.1 Å². The number of nitrogens with one attached hydrogen (secondary N) is 2. The first-order valence-electron chi connectivity index (χ1n) is 9.20. The Morgan fingerprint density at radius 1 is 0.893 bits per heavy atom. The van der Waals surface area contributed by atoms with Crippen molar-refractivity contribution in [3.63, 3.8) is 0 Å². The van der Waals surface area contributed by atoms with Crippen molar-refractivity contribution in [1.29, 1.82) is 0 Å². The van der Waals surface area contributed by atoms with E-state index in [4.69, 9.17) is 4.74 Å². The van der Waals surface area contributed by atoms with Gasteiger partial charge in [0.05, 0.1) is 11.3 Å². The number of hydrogen-bond acceptors (Lipinski definition) is 5. The highest BCUT2D eigenvalue weighted by Gasteiger charge is 2.23. The minimum atomic E-state index is -3.77. The summed E-state index contributed by atoms with van der Waals surface area (Å²) in [5.74, 6) is -1.05. The van der Waals surface area contributed by atoms with Crippen LogP contribution >= 0.6 is 0 Å². The van der Waals surface area contributed by atoms with E-state index in [1.54, 1.807) is 13.8 Å². The average Bonchev–Trinajstić information content (AvgIpc) is 2.54. The van der Waals surface area contributed by atoms with Gasteiger partial charge in [-0.3, -0.25) is 9.59 Å². The van der Waals surface area contributed by atoms with Crippen LogP contribution in [-0.4, -0.2) is 39.0 Å². The van der Waals surface area contributed by atoms with Crippen LogP contribution < -0.4 is 10.0 Å². The maximum absolute atomic E-state index is 12.8. The zero-order valence-corrected chi connectivity index (χ0v) is 18.9. The van der Waals surface area contributed by atoms with Gasteiger partial charge < -0.3 is 10.1 Å². The molecule has 2 N–H and O–H groups in total. The second-order valence-corrected chi connectivity index (χ2v) is 9.76. The van der Waals surface area contributed by atoms with Crippen LogP contribution in [0.2, 0.25) is 0 Å². The molecule has 0 atom stereocenters. The standard InChI is InChI=1S/C20H32N2O5S/c1-12-13(2)15(4)19(16(5)14(12)3)28(25,26)21-10-9-18(24)27-11-17(23)22-20(6,7)8/h21H,9-11H2,1-8H3,(H,22,23). The fourth-order valence-electron chi connectivity index (χ4n) is 2.90. The van der Waals surface area contributed by atoms with Crippen molar-refractivity contribution >= 4 is 21.9 Å². The molecule has 0 aromatic heterocycles. The topological polar surface area (TPSA) is 102 Å². The van der Waals surface area contributed by atoms with E-state index >= 15 is 0 Å². The van der Waals surface area contributed by atoms with Crippen LogP contribution in [0.5, 0.6) is 0 Å². The van der Waals surface area contributed by atoms with Crippen molar-refractivity contribution in [2.24, 2.45) is 0 Å². The lowest BCUT2D eigenvalue weighted by Crippen LogP contribution is -2.42. The Morgan fingerprint density at radius 3 is 1.82 bits per heavy atom. The van der Waals surface area contributed by atoms with Gasteiger partial charge in [0.2, 0.25) is 10.0 Å². The summed E-state index contributed by atoms with van der Waals surface area (Å²) in [5.41, 5.74) is 3.94. The van der Waals surface area contributed by atoms with Crippen LogP contribution in [0.4, 0.5) is 0 Å². The number of carbonyl (C=O) groups excluding carboxylic acids is 2. The van der Waals surface area contributed by atoms with Gasteiger partial charge in [0.1, 0.15) is 0 Å². The minimum absolute atomic E-state index is 0.104. The fourth-order valence-corrected chi connectivity index (χ4v) is 4.53. The summed E-state index contributed by atoms with van der Waals surface area (Å²) in [6.45, 7) is 14.3. The van der Waals surface area contributed by atoms with E-state index in [-0.39, 0.29) is 17.9 Å². The molecule has 1 aromatic rings. The molecule has 0 heterocycles. The minimum Gasteiger partial charge on any atom is -0.456 e. The first-order chi connectivity index (χ1) is 12.7. The maximum Gasteiger partial charge on any atom is 0.307 e. The lowest BCUT2D eigenvalue weighted by molar-refractivity contribution is -0.148. The molecule has 0 saturated carbocycles. The predicted octanol–water partition coefficient (Wildman–Crippen LogP) is 2.36. The quantitative estimate of drug-likeness (QED) is 0.670. The zero-order valence-electron chi connectivity index (χ0n) is 18.1. The molecule has 0 spiro atoms. The Morgan fingerprint density at radius 2 is 1.36 bits per heavy atom. The Bertz CT molecular complexity index is 839. The second kappa shape index (κ2) is 9.05. The first-order valence-corrected chi connectivity index (χ1v) is 10.7. The molecule has 0 aliphatic heterocycles. The van der Waals surface area contributed by atoms with E-state index in [1.165, 1.54) is 0 Å². The van der Waals surface area contributed by atoms with Crippen molar-refractivity contribution in [2.75, 3.05) is 13.2 Å². The molecular weight excluding hydrogens is 380 g/mol. The van der Waals surface area contributed by atoms with E-state index in [2.05, 4.69) is 10.0 Å². The highest BCUT2D eigenvalue weighted by molar-refractivity contribution is 7.89. The number of rotatable bonds is 7. The van der Waals surface area contributed by atoms with Gasteiger partial charge >= 0.3 is 5.97 Å². The van der Waals surface area contributed by atoms with Gasteiger partial charge in [0.15, 0.2) is 6.61 Å². The molecule has 1 amide bonds. The monoisotopic (exact) mass is 412 g/mol. The van der Waals surface area contributed by atoms with Crippen LogP contribution in [0.15, 0.2) is 4.90 Å². The third-order valence-electron chi connectivity index (χ3n) is 4.70. The summed E-state index contributed by atoms with van der Waals surface area (Å²) in [4.78, 5) is 23.7. The Balaban J connectivity index is 2.71. The van der Waals surface area contributed by atoms with E-state index in [9.17, 15) is 18.0 Å². The molecule has 0 aliphatic rings. The molecule has 8 heteroatoms. The van der Waals surface area contributed by atoms with Gasteiger partial charge in [0, 0.05) is 12.1 Å². The number of hydrogen-bond donors (Lipinski definition) is 2. The second-order valence-electron chi connectivity index (χ2n) is 8.06. The van der Waals surface area contributed by atoms with Gasteiger partial charge in [-0.2, -0.15) is 0 Å². The molecule has 0 aliphatic carbocycles. The number of benzene rings is 1. The van der Waals surface area contributed by atoms with Gasteiger partial charge in [0.25, 0.3) is 5.91 Å². The van der Waals surface area contributed by atoms with Crippen molar-refractivity contribution in [3.05, 3.63) is 27.8 Å². The molecule has 7 nitrogen and oxygen atoms in total. The molecule has 28 heavy (non-hydrogen) atoms. The van der Waals surface area contributed by atoms with Crippen molar-refractivity contribution in [2.45, 2.75) is 72.2 Å². The Labute approximate surface area is 168 Å². The summed E-state index contributed by atoms with van der Waals surface area (Å²) in [5, 5.41) is 2.68. The van der Waals surface area contributed by atoms with Crippen molar-refractivity contribution in [1.82, 2.24) is 10.0 Å². The van der Waals surface area contributed by atoms with Crippen molar-refractivity contribution < 1.29 is 22.7 Å². The summed E-state index contributed by atoms with van der Waals surface area (Å²) < 4.78 is 32.9. The maximum atomic E-state index is 12.8. The molecule has 1 rings (SSSR count). The molecule has 0 radical (unpaired) electrons. The molecule has 0 saturated heterocycles. The first kappa shape index (κ1) is 24.1. The number of carbonyl (C=O) groups is 2. The number of amides is 1. The van der Waals surface area contributed by atoms with Crippen LogP contribution in [0.1, 0.15) is 55.0 Å². The SMILES string of the molecule is Cc1c(C)c(C)c(S(=O)(=O)NCCC(=O)OCC(=O)NC(C)(C)C)c(C)c1C. The van der Waals surface area contributed by atoms with Crippen LogP contribution in [0.25, 0.3) is 0 Å². The molecule has 158 valence electrons. The largest absolute Gasteiger partial charge is 0.456 e. The molecule has 0 fully saturated rings. The Hall–Kier alpha value is -1.93. The number of sulfonamides is 1. The zero-order chi connectivity index (χ0) is 21.9. The van der Waals surface area contributed by atoms with Crippen LogP contribution in [-0.2, 0) is 24.3 Å².